The zero-order chi connectivity index (χ0) is 21.3. The molecular formula is C22H21N3O4S. The Hall–Kier alpha value is -3.10. The highest BCUT2D eigenvalue weighted by atomic mass is 32.2. The zero-order valence-electron chi connectivity index (χ0n) is 16.0. The number of β-lactam (4-membered cyclic amide) rings is 1. The summed E-state index contributed by atoms with van der Waals surface area (Å²) in [6, 6.07) is 16.3. The fourth-order valence-corrected chi connectivity index (χ4v) is 4.89. The van der Waals surface area contributed by atoms with Crippen molar-refractivity contribution in [3.05, 3.63) is 76.8 Å². The Balaban J connectivity index is 1.50. The van der Waals surface area contributed by atoms with Gasteiger partial charge in [0.1, 0.15) is 17.8 Å². The van der Waals surface area contributed by atoms with Crippen molar-refractivity contribution in [3.63, 3.8) is 0 Å². The number of carboxylic acid groups (broad SMARTS) is 1. The molecule has 1 saturated heterocycles. The number of carboxylic acids is 1. The number of allylic oxidation sites excluding steroid dienone is 1. The highest BCUT2D eigenvalue weighted by molar-refractivity contribution is 8.03. The first-order chi connectivity index (χ1) is 14.5. The van der Waals surface area contributed by atoms with Gasteiger partial charge >= 0.3 is 5.97 Å². The van der Waals surface area contributed by atoms with Crippen LogP contribution in [0.1, 0.15) is 24.4 Å². The summed E-state index contributed by atoms with van der Waals surface area (Å²) in [6.07, 6.45) is 1.09. The largest absolute Gasteiger partial charge is 0.477 e. The monoisotopic (exact) mass is 423 g/mol. The van der Waals surface area contributed by atoms with E-state index in [2.05, 4.69) is 5.32 Å². The van der Waals surface area contributed by atoms with Gasteiger partial charge in [0.25, 0.3) is 5.91 Å². The molecule has 8 heteroatoms. The molecule has 2 amide bonds. The van der Waals surface area contributed by atoms with E-state index in [1.807, 2.05) is 36.4 Å². The lowest BCUT2D eigenvalue weighted by Crippen LogP contribution is -2.72. The molecular weight excluding hydrogens is 402 g/mol. The first kappa shape index (κ1) is 20.2. The molecule has 0 radical (unpaired) electrons. The molecule has 4 N–H and O–H groups in total. The molecule has 2 heterocycles. The van der Waals surface area contributed by atoms with Gasteiger partial charge < -0.3 is 16.2 Å². The summed E-state index contributed by atoms with van der Waals surface area (Å²) in [4.78, 5) is 40.1. The van der Waals surface area contributed by atoms with E-state index < -0.39 is 29.9 Å². The molecule has 2 aromatic carbocycles. The summed E-state index contributed by atoms with van der Waals surface area (Å²) in [5, 5.41) is 12.5. The molecule has 0 aliphatic carbocycles. The van der Waals surface area contributed by atoms with Crippen LogP contribution in [0.4, 0.5) is 0 Å². The molecule has 154 valence electrons. The number of nitrogens with two attached hydrogens (primary N) is 1. The molecule has 30 heavy (non-hydrogen) atoms. The quantitative estimate of drug-likeness (QED) is 0.615. The van der Waals surface area contributed by atoms with Crippen LogP contribution in [0.5, 0.6) is 0 Å². The van der Waals surface area contributed by atoms with E-state index in [4.69, 9.17) is 5.73 Å². The number of hydrogen-bond donors (Lipinski definition) is 3. The van der Waals surface area contributed by atoms with Crippen LogP contribution in [0.15, 0.2) is 76.2 Å². The highest BCUT2D eigenvalue weighted by Gasteiger charge is 2.53. The first-order valence-corrected chi connectivity index (χ1v) is 10.4. The predicted molar refractivity (Wildman–Crippen MR) is 112 cm³/mol. The number of aliphatic carboxylic acids is 1. The Morgan fingerprint density at radius 2 is 1.73 bits per heavy atom. The third-order valence-electron chi connectivity index (χ3n) is 5.32. The van der Waals surface area contributed by atoms with Crippen LogP contribution < -0.4 is 11.1 Å². The maximum atomic E-state index is 12.8. The highest BCUT2D eigenvalue weighted by Crippen LogP contribution is 2.43. The Bertz CT molecular complexity index is 1010. The minimum absolute atomic E-state index is 0.00274. The third-order valence-corrected chi connectivity index (χ3v) is 6.47. The second kappa shape index (κ2) is 8.33. The topological polar surface area (TPSA) is 113 Å². The minimum atomic E-state index is -1.14. The molecule has 2 aromatic rings. The smallest absolute Gasteiger partial charge is 0.353 e. The van der Waals surface area contributed by atoms with E-state index in [0.29, 0.717) is 23.3 Å². The summed E-state index contributed by atoms with van der Waals surface area (Å²) in [6.45, 7) is 0. The van der Waals surface area contributed by atoms with Crippen molar-refractivity contribution in [1.82, 2.24) is 10.2 Å². The molecule has 0 saturated carbocycles. The Labute approximate surface area is 177 Å². The van der Waals surface area contributed by atoms with Crippen LogP contribution in [0.3, 0.4) is 0 Å². The second-order valence-electron chi connectivity index (χ2n) is 7.18. The van der Waals surface area contributed by atoms with Gasteiger partial charge in [0.05, 0.1) is 6.04 Å². The van der Waals surface area contributed by atoms with Crippen LogP contribution in [0, 0.1) is 0 Å². The van der Waals surface area contributed by atoms with Crippen LogP contribution in [0.25, 0.3) is 0 Å². The van der Waals surface area contributed by atoms with Crippen molar-refractivity contribution >= 4 is 29.5 Å². The molecule has 4 rings (SSSR count). The maximum Gasteiger partial charge on any atom is 0.353 e. The lowest BCUT2D eigenvalue weighted by molar-refractivity contribution is -0.156. The van der Waals surface area contributed by atoms with E-state index in [-0.39, 0.29) is 11.7 Å². The maximum absolute atomic E-state index is 12.8. The number of amides is 2. The van der Waals surface area contributed by atoms with Crippen molar-refractivity contribution < 1.29 is 19.5 Å². The molecule has 0 unspecified atom stereocenters. The Morgan fingerprint density at radius 1 is 1.10 bits per heavy atom. The first-order valence-electron chi connectivity index (χ1n) is 9.60. The molecule has 0 spiro atoms. The number of hydrogen-bond acceptors (Lipinski definition) is 5. The fraction of sp³-hybridized carbons (Fsp3) is 0.227. The average molecular weight is 423 g/mol. The third kappa shape index (κ3) is 3.71. The van der Waals surface area contributed by atoms with Gasteiger partial charge in [0.15, 0.2) is 0 Å². The van der Waals surface area contributed by atoms with Gasteiger partial charge in [-0.25, -0.2) is 4.79 Å². The Morgan fingerprint density at radius 3 is 2.37 bits per heavy atom. The molecule has 2 aliphatic rings. The van der Waals surface area contributed by atoms with Gasteiger partial charge in [-0.3, -0.25) is 14.5 Å². The predicted octanol–water partition coefficient (Wildman–Crippen LogP) is 2.26. The number of carbonyl (C=O) groups is 3. The van der Waals surface area contributed by atoms with Crippen LogP contribution >= 0.6 is 11.8 Å². The molecule has 3 atom stereocenters. The normalized spacial score (nSPS) is 21.5. The van der Waals surface area contributed by atoms with E-state index in [1.54, 1.807) is 24.3 Å². The average Bonchev–Trinajstić information content (AvgIpc) is 2.77. The number of nitrogens with zero attached hydrogens (tertiary/aromatic N) is 1. The van der Waals surface area contributed by atoms with Crippen LogP contribution in [-0.2, 0) is 14.4 Å². The lowest BCUT2D eigenvalue weighted by Gasteiger charge is -2.50. The van der Waals surface area contributed by atoms with E-state index >= 15 is 0 Å². The number of nitrogens with one attached hydrogen (secondary N) is 1. The molecule has 7 nitrogen and oxygen atoms in total. The van der Waals surface area contributed by atoms with E-state index in [0.717, 1.165) is 4.90 Å². The Kier molecular flexibility index (Phi) is 5.61. The standard InChI is InChI=1S/C22H21N3O4S/c23-17(13-7-3-1-4-8-13)20(26)24-18-15-11-12-16(30-14-9-5-2-6-10-14)19(22(28)29)25(15)21(18)27/h1-10,15,17-18H,11-12,23H2,(H,24,26)(H,28,29)/t15-,17-,18+/m1/s1. The van der Waals surface area contributed by atoms with Crippen molar-refractivity contribution in [3.8, 4) is 0 Å². The van der Waals surface area contributed by atoms with Crippen molar-refractivity contribution in [2.75, 3.05) is 0 Å². The second-order valence-corrected chi connectivity index (χ2v) is 8.35. The van der Waals surface area contributed by atoms with Crippen molar-refractivity contribution in [1.29, 1.82) is 0 Å². The SMILES string of the molecule is N[C@@H](C(=O)N[C@@H]1C(=O)N2C(C(=O)O)=C(Sc3ccccc3)CC[C@H]12)c1ccccc1. The van der Waals surface area contributed by atoms with Crippen LogP contribution in [0.2, 0.25) is 0 Å². The molecule has 0 bridgehead atoms. The summed E-state index contributed by atoms with van der Waals surface area (Å²) in [5.74, 6) is -2.02. The van der Waals surface area contributed by atoms with Gasteiger partial charge in [-0.05, 0) is 30.5 Å². The lowest BCUT2D eigenvalue weighted by atomic mass is 9.86. The summed E-state index contributed by atoms with van der Waals surface area (Å²) >= 11 is 1.36. The van der Waals surface area contributed by atoms with Gasteiger partial charge in [-0.15, -0.1) is 0 Å². The minimum Gasteiger partial charge on any atom is -0.477 e. The summed E-state index contributed by atoms with van der Waals surface area (Å²) in [7, 11) is 0. The number of fused-ring (bicyclic) bond motifs is 1. The van der Waals surface area contributed by atoms with Crippen molar-refractivity contribution in [2.24, 2.45) is 5.73 Å². The molecule has 0 aromatic heterocycles. The fourth-order valence-electron chi connectivity index (χ4n) is 3.81. The van der Waals surface area contributed by atoms with E-state index in [9.17, 15) is 19.5 Å². The molecule has 1 fully saturated rings. The van der Waals surface area contributed by atoms with Gasteiger partial charge in [-0.2, -0.15) is 0 Å². The number of rotatable bonds is 6. The zero-order valence-corrected chi connectivity index (χ0v) is 16.8. The van der Waals surface area contributed by atoms with Crippen molar-refractivity contribution in [2.45, 2.75) is 35.9 Å². The summed E-state index contributed by atoms with van der Waals surface area (Å²) in [5.41, 5.74) is 6.67. The van der Waals surface area contributed by atoms with E-state index in [1.165, 1.54) is 16.7 Å². The van der Waals surface area contributed by atoms with Gasteiger partial charge in [0, 0.05) is 9.80 Å². The number of carbonyl (C=O) groups excluding carboxylic acids is 2. The van der Waals surface area contributed by atoms with Gasteiger partial charge in [0.2, 0.25) is 5.91 Å². The number of thioether (sulfide) groups is 1. The van der Waals surface area contributed by atoms with Gasteiger partial charge in [-0.1, -0.05) is 60.3 Å². The summed E-state index contributed by atoms with van der Waals surface area (Å²) < 4.78 is 0. The molecule has 2 aliphatic heterocycles. The van der Waals surface area contributed by atoms with Crippen LogP contribution in [-0.4, -0.2) is 39.9 Å². The number of benzene rings is 2.